The number of nitrogens with two attached hydrogens (primary N) is 1. The van der Waals surface area contributed by atoms with Gasteiger partial charge in [-0.1, -0.05) is 6.07 Å². The smallest absolute Gasteiger partial charge is 0.341 e. The molecule has 2 aromatic heterocycles. The Hall–Kier alpha value is -2.63. The molecular weight excluding hydrogens is 222 g/mol. The number of nitrogens with zero attached hydrogens (tertiary/aromatic N) is 1. The number of aromatic amines is 1. The number of carboxylic acids is 1. The molecule has 17 heavy (non-hydrogen) atoms. The number of rotatable bonds is 2. The molecule has 0 amide bonds. The maximum absolute atomic E-state index is 11.5. The summed E-state index contributed by atoms with van der Waals surface area (Å²) in [6, 6.07) is 4.72. The molecule has 0 spiro atoms. The Labute approximate surface area is 95.7 Å². The first-order chi connectivity index (χ1) is 8.09. The number of H-pyrrole nitrogens is 1. The van der Waals surface area contributed by atoms with E-state index in [-0.39, 0.29) is 16.9 Å². The summed E-state index contributed by atoms with van der Waals surface area (Å²) in [4.78, 5) is 28.7. The van der Waals surface area contributed by atoms with Crippen LogP contribution in [0.15, 0.2) is 35.4 Å². The molecule has 0 unspecified atom stereocenters. The Morgan fingerprint density at radius 3 is 2.82 bits per heavy atom. The molecule has 86 valence electrons. The molecule has 0 aliphatic rings. The minimum Gasteiger partial charge on any atom is -0.477 e. The predicted octanol–water partition coefficient (Wildman–Crippen LogP) is 0.717. The third-order valence-corrected chi connectivity index (χ3v) is 2.24. The van der Waals surface area contributed by atoms with Crippen LogP contribution < -0.4 is 11.3 Å². The van der Waals surface area contributed by atoms with Gasteiger partial charge in [-0.15, -0.1) is 0 Å². The van der Waals surface area contributed by atoms with Crippen molar-refractivity contribution in [3.8, 4) is 11.1 Å². The number of hydrogen-bond acceptors (Lipinski definition) is 4. The van der Waals surface area contributed by atoms with Crippen LogP contribution in [0.1, 0.15) is 10.4 Å². The van der Waals surface area contributed by atoms with Crippen molar-refractivity contribution < 1.29 is 9.90 Å². The summed E-state index contributed by atoms with van der Waals surface area (Å²) in [6.07, 6.45) is 3.03. The zero-order chi connectivity index (χ0) is 12.4. The lowest BCUT2D eigenvalue weighted by atomic mass is 10.0. The molecular formula is C11H9N3O3. The van der Waals surface area contributed by atoms with Crippen LogP contribution in [0.2, 0.25) is 0 Å². The van der Waals surface area contributed by atoms with Gasteiger partial charge in [0, 0.05) is 23.5 Å². The van der Waals surface area contributed by atoms with Crippen LogP contribution in [0.25, 0.3) is 11.1 Å². The highest BCUT2D eigenvalue weighted by atomic mass is 16.4. The Kier molecular flexibility index (Phi) is 2.61. The van der Waals surface area contributed by atoms with E-state index in [0.717, 1.165) is 0 Å². The summed E-state index contributed by atoms with van der Waals surface area (Å²) in [6.45, 7) is 0. The van der Waals surface area contributed by atoms with Gasteiger partial charge < -0.3 is 15.8 Å². The van der Waals surface area contributed by atoms with E-state index in [0.29, 0.717) is 5.56 Å². The van der Waals surface area contributed by atoms with Gasteiger partial charge in [-0.05, 0) is 12.1 Å². The molecule has 4 N–H and O–H groups in total. The molecule has 0 aromatic carbocycles. The third-order valence-electron chi connectivity index (χ3n) is 2.24. The fraction of sp³-hybridized carbons (Fsp3) is 0. The van der Waals surface area contributed by atoms with Crippen molar-refractivity contribution in [2.24, 2.45) is 0 Å². The number of carboxylic acid groups (broad SMARTS) is 1. The fourth-order valence-electron chi connectivity index (χ4n) is 1.54. The molecule has 0 atom stereocenters. The molecule has 0 saturated heterocycles. The topological polar surface area (TPSA) is 109 Å². The average molecular weight is 231 g/mol. The molecule has 0 saturated carbocycles. The normalized spacial score (nSPS) is 10.1. The monoisotopic (exact) mass is 231 g/mol. The fourth-order valence-corrected chi connectivity index (χ4v) is 1.54. The number of nitrogen functional groups attached to an aromatic ring is 1. The lowest BCUT2D eigenvalue weighted by Gasteiger charge is -2.06. The number of hydrogen-bond donors (Lipinski definition) is 3. The quantitative estimate of drug-likeness (QED) is 0.705. The van der Waals surface area contributed by atoms with E-state index in [2.05, 4.69) is 9.97 Å². The lowest BCUT2D eigenvalue weighted by Crippen LogP contribution is -2.20. The van der Waals surface area contributed by atoms with Gasteiger partial charge in [0.05, 0.1) is 0 Å². The van der Waals surface area contributed by atoms with Crippen LogP contribution in [-0.4, -0.2) is 21.0 Å². The summed E-state index contributed by atoms with van der Waals surface area (Å²) in [7, 11) is 0. The van der Waals surface area contributed by atoms with Crippen molar-refractivity contribution >= 4 is 11.8 Å². The number of anilines is 1. The minimum atomic E-state index is -1.30. The summed E-state index contributed by atoms with van der Waals surface area (Å²) < 4.78 is 0. The van der Waals surface area contributed by atoms with Gasteiger partial charge in [0.25, 0.3) is 5.56 Å². The number of nitrogens with one attached hydrogen (secondary N) is 1. The number of aromatic nitrogens is 2. The van der Waals surface area contributed by atoms with E-state index in [4.69, 9.17) is 10.8 Å². The first-order valence-electron chi connectivity index (χ1n) is 4.76. The van der Waals surface area contributed by atoms with Crippen LogP contribution >= 0.6 is 0 Å². The zero-order valence-corrected chi connectivity index (χ0v) is 8.68. The highest BCUT2D eigenvalue weighted by Gasteiger charge is 2.17. The third kappa shape index (κ3) is 2.00. The molecule has 0 fully saturated rings. The zero-order valence-electron chi connectivity index (χ0n) is 8.68. The largest absolute Gasteiger partial charge is 0.477 e. The summed E-state index contributed by atoms with van der Waals surface area (Å²) in [5.41, 5.74) is 5.22. The number of pyridine rings is 2. The highest BCUT2D eigenvalue weighted by Crippen LogP contribution is 2.21. The summed E-state index contributed by atoms with van der Waals surface area (Å²) in [5, 5.41) is 9.02. The number of aromatic carboxylic acids is 1. The predicted molar refractivity (Wildman–Crippen MR) is 61.7 cm³/mol. The van der Waals surface area contributed by atoms with Gasteiger partial charge in [-0.2, -0.15) is 0 Å². The van der Waals surface area contributed by atoms with Crippen LogP contribution in [0.5, 0.6) is 0 Å². The highest BCUT2D eigenvalue weighted by molar-refractivity contribution is 5.96. The molecule has 0 aliphatic heterocycles. The average Bonchev–Trinajstić information content (AvgIpc) is 2.28. The van der Waals surface area contributed by atoms with Crippen molar-refractivity contribution in [2.45, 2.75) is 0 Å². The minimum absolute atomic E-state index is 0.110. The second kappa shape index (κ2) is 4.09. The maximum atomic E-state index is 11.5. The van der Waals surface area contributed by atoms with Crippen molar-refractivity contribution in [1.29, 1.82) is 0 Å². The molecule has 2 rings (SSSR count). The Balaban J connectivity index is 2.77. The van der Waals surface area contributed by atoms with Gasteiger partial charge in [-0.25, -0.2) is 4.79 Å². The van der Waals surface area contributed by atoms with E-state index >= 15 is 0 Å². The molecule has 2 heterocycles. The van der Waals surface area contributed by atoms with E-state index in [1.807, 2.05) is 0 Å². The Morgan fingerprint density at radius 2 is 2.24 bits per heavy atom. The second-order valence-corrected chi connectivity index (χ2v) is 3.39. The van der Waals surface area contributed by atoms with Gasteiger partial charge in [-0.3, -0.25) is 9.78 Å². The van der Waals surface area contributed by atoms with E-state index in [9.17, 15) is 9.59 Å². The summed E-state index contributed by atoms with van der Waals surface area (Å²) in [5.74, 6) is -1.19. The van der Waals surface area contributed by atoms with Crippen LogP contribution in [-0.2, 0) is 0 Å². The standard InChI is InChI=1S/C11H9N3O3/c12-8-4-7(6-2-1-3-13-5-6)9(11(16)17)10(15)14-8/h1-5H,(H,16,17)(H3,12,14,15). The van der Waals surface area contributed by atoms with Gasteiger partial charge in [0.2, 0.25) is 0 Å². The van der Waals surface area contributed by atoms with E-state index < -0.39 is 11.5 Å². The van der Waals surface area contributed by atoms with E-state index in [1.54, 1.807) is 18.3 Å². The van der Waals surface area contributed by atoms with Crippen LogP contribution in [0, 0.1) is 0 Å². The van der Waals surface area contributed by atoms with Crippen LogP contribution in [0.4, 0.5) is 5.82 Å². The van der Waals surface area contributed by atoms with E-state index in [1.165, 1.54) is 12.3 Å². The van der Waals surface area contributed by atoms with Crippen molar-refractivity contribution in [2.75, 3.05) is 5.73 Å². The van der Waals surface area contributed by atoms with Crippen molar-refractivity contribution in [3.05, 3.63) is 46.5 Å². The first kappa shape index (κ1) is 10.9. The first-order valence-corrected chi connectivity index (χ1v) is 4.76. The van der Waals surface area contributed by atoms with Gasteiger partial charge in [0.1, 0.15) is 11.4 Å². The Bertz CT molecular complexity index is 620. The van der Waals surface area contributed by atoms with Gasteiger partial charge in [0.15, 0.2) is 0 Å². The number of carbonyl (C=O) groups is 1. The maximum Gasteiger partial charge on any atom is 0.341 e. The van der Waals surface area contributed by atoms with Crippen molar-refractivity contribution in [1.82, 2.24) is 9.97 Å². The molecule has 0 bridgehead atoms. The van der Waals surface area contributed by atoms with Gasteiger partial charge >= 0.3 is 5.97 Å². The SMILES string of the molecule is Nc1cc(-c2cccnc2)c(C(=O)O)c(=O)[nH]1. The molecule has 6 nitrogen and oxygen atoms in total. The summed E-state index contributed by atoms with van der Waals surface area (Å²) >= 11 is 0. The van der Waals surface area contributed by atoms with Crippen molar-refractivity contribution in [3.63, 3.8) is 0 Å². The molecule has 0 radical (unpaired) electrons. The lowest BCUT2D eigenvalue weighted by molar-refractivity contribution is 0.0696. The second-order valence-electron chi connectivity index (χ2n) is 3.39. The van der Waals surface area contributed by atoms with Crippen LogP contribution in [0.3, 0.4) is 0 Å². The molecule has 6 heteroatoms. The molecule has 2 aromatic rings. The Morgan fingerprint density at radius 1 is 1.47 bits per heavy atom. The molecule has 0 aliphatic carbocycles.